The maximum absolute atomic E-state index is 13.7. The Morgan fingerprint density at radius 2 is 1.56 bits per heavy atom. The monoisotopic (exact) mass is 456 g/mol. The Hall–Kier alpha value is -2.18. The Kier molecular flexibility index (Phi) is 7.78. The van der Waals surface area contributed by atoms with Gasteiger partial charge in [-0.1, -0.05) is 63.1 Å². The van der Waals surface area contributed by atoms with Crippen LogP contribution in [0.5, 0.6) is 0 Å². The van der Waals surface area contributed by atoms with Crippen LogP contribution in [0.15, 0.2) is 47.4 Å². The third-order valence-electron chi connectivity index (χ3n) is 6.75. The zero-order chi connectivity index (χ0) is 23.4. The fourth-order valence-corrected chi connectivity index (χ4v) is 6.98. The largest absolute Gasteiger partial charge is 0.351 e. The van der Waals surface area contributed by atoms with E-state index in [1.54, 1.807) is 13.0 Å². The van der Waals surface area contributed by atoms with Crippen LogP contribution in [0.2, 0.25) is 0 Å². The average Bonchev–Trinajstić information content (AvgIpc) is 3.30. The Morgan fingerprint density at radius 1 is 0.969 bits per heavy atom. The molecule has 5 nitrogen and oxygen atoms in total. The summed E-state index contributed by atoms with van der Waals surface area (Å²) >= 11 is 0. The number of hydrogen-bond acceptors (Lipinski definition) is 4. The SMILES string of the molecule is CCN(CC)Cc1ccc(CNC(=O)C2(S(=O)(=O)c3cc(C)ccc3C)CCCC2)cc1. The fraction of sp³-hybridized carbons (Fsp3) is 0.500. The second kappa shape index (κ2) is 10.2. The molecule has 1 aliphatic carbocycles. The number of sulfone groups is 1. The van der Waals surface area contributed by atoms with Crippen molar-refractivity contribution in [3.8, 4) is 0 Å². The van der Waals surface area contributed by atoms with Gasteiger partial charge in [0.25, 0.3) is 0 Å². The van der Waals surface area contributed by atoms with Crippen molar-refractivity contribution in [1.82, 2.24) is 10.2 Å². The van der Waals surface area contributed by atoms with Gasteiger partial charge in [0, 0.05) is 13.1 Å². The number of nitrogens with one attached hydrogen (secondary N) is 1. The third-order valence-corrected chi connectivity index (χ3v) is 9.39. The van der Waals surface area contributed by atoms with Crippen LogP contribution >= 0.6 is 0 Å². The molecule has 0 aliphatic heterocycles. The van der Waals surface area contributed by atoms with E-state index in [-0.39, 0.29) is 10.8 Å². The molecule has 1 N–H and O–H groups in total. The lowest BCUT2D eigenvalue weighted by atomic mass is 10.1. The summed E-state index contributed by atoms with van der Waals surface area (Å²) in [5, 5.41) is 2.95. The highest BCUT2D eigenvalue weighted by Crippen LogP contribution is 2.41. The average molecular weight is 457 g/mol. The van der Waals surface area contributed by atoms with Crippen molar-refractivity contribution in [1.29, 1.82) is 0 Å². The summed E-state index contributed by atoms with van der Waals surface area (Å²) < 4.78 is 26.1. The second-order valence-electron chi connectivity index (χ2n) is 8.93. The van der Waals surface area contributed by atoms with E-state index in [2.05, 4.69) is 36.2 Å². The lowest BCUT2D eigenvalue weighted by Gasteiger charge is -2.28. The smallest absolute Gasteiger partial charge is 0.242 e. The first-order valence-electron chi connectivity index (χ1n) is 11.6. The molecule has 6 heteroatoms. The lowest BCUT2D eigenvalue weighted by molar-refractivity contribution is -0.123. The van der Waals surface area contributed by atoms with E-state index >= 15 is 0 Å². The minimum atomic E-state index is -3.80. The van der Waals surface area contributed by atoms with Crippen LogP contribution in [-0.2, 0) is 27.7 Å². The first kappa shape index (κ1) is 24.5. The molecule has 0 aromatic heterocycles. The van der Waals surface area contributed by atoms with Gasteiger partial charge in [0.2, 0.25) is 5.91 Å². The molecule has 1 saturated carbocycles. The summed E-state index contributed by atoms with van der Waals surface area (Å²) in [5.74, 6) is -0.372. The summed E-state index contributed by atoms with van der Waals surface area (Å²) in [6.45, 7) is 11.2. The highest BCUT2D eigenvalue weighted by molar-refractivity contribution is 7.93. The third kappa shape index (κ3) is 4.91. The standard InChI is InChI=1S/C26H36N2O3S/c1-5-28(6-2)19-23-13-11-22(12-14-23)18-27-25(29)26(15-7-8-16-26)32(30,31)24-17-20(3)9-10-21(24)4/h9-14,17H,5-8,15-16,18-19H2,1-4H3,(H,27,29). The maximum atomic E-state index is 13.7. The molecule has 0 atom stereocenters. The number of nitrogens with zero attached hydrogens (tertiary/aromatic N) is 1. The zero-order valence-corrected chi connectivity index (χ0v) is 20.6. The first-order chi connectivity index (χ1) is 15.2. The molecule has 174 valence electrons. The van der Waals surface area contributed by atoms with Gasteiger partial charge in [-0.2, -0.15) is 0 Å². The molecule has 0 bridgehead atoms. The van der Waals surface area contributed by atoms with E-state index in [9.17, 15) is 13.2 Å². The summed E-state index contributed by atoms with van der Waals surface area (Å²) in [7, 11) is -3.80. The Morgan fingerprint density at radius 3 is 2.16 bits per heavy atom. The number of hydrogen-bond donors (Lipinski definition) is 1. The second-order valence-corrected chi connectivity index (χ2v) is 11.2. The molecular formula is C26H36N2O3S. The minimum absolute atomic E-state index is 0.287. The Balaban J connectivity index is 1.77. The van der Waals surface area contributed by atoms with Crippen molar-refractivity contribution >= 4 is 15.7 Å². The van der Waals surface area contributed by atoms with Crippen LogP contribution in [-0.4, -0.2) is 37.1 Å². The van der Waals surface area contributed by atoms with Gasteiger partial charge in [0.15, 0.2) is 14.6 Å². The van der Waals surface area contributed by atoms with Crippen molar-refractivity contribution in [3.63, 3.8) is 0 Å². The molecule has 0 unspecified atom stereocenters. The zero-order valence-electron chi connectivity index (χ0n) is 19.8. The molecule has 2 aromatic carbocycles. The Labute approximate surface area is 193 Å². The molecule has 1 amide bonds. The van der Waals surface area contributed by atoms with Crippen LogP contribution in [0.3, 0.4) is 0 Å². The van der Waals surface area contributed by atoms with Gasteiger partial charge in [0.1, 0.15) is 0 Å². The van der Waals surface area contributed by atoms with Crippen molar-refractivity contribution in [2.75, 3.05) is 13.1 Å². The predicted molar refractivity (Wildman–Crippen MR) is 129 cm³/mol. The van der Waals surface area contributed by atoms with E-state index in [4.69, 9.17) is 0 Å². The quantitative estimate of drug-likeness (QED) is 0.601. The number of carbonyl (C=O) groups excluding carboxylic acids is 1. The van der Waals surface area contributed by atoms with Gasteiger partial charge in [-0.15, -0.1) is 0 Å². The Bertz CT molecular complexity index is 1040. The molecule has 0 heterocycles. The summed E-state index contributed by atoms with van der Waals surface area (Å²) in [5.41, 5.74) is 3.78. The van der Waals surface area contributed by atoms with Gasteiger partial charge in [0.05, 0.1) is 4.90 Å². The van der Waals surface area contributed by atoms with Crippen LogP contribution in [0, 0.1) is 13.8 Å². The van der Waals surface area contributed by atoms with Crippen molar-refractivity contribution < 1.29 is 13.2 Å². The van der Waals surface area contributed by atoms with Crippen LogP contribution < -0.4 is 5.32 Å². The molecule has 0 saturated heterocycles. The topological polar surface area (TPSA) is 66.5 Å². The van der Waals surface area contributed by atoms with E-state index in [1.165, 1.54) is 5.56 Å². The van der Waals surface area contributed by atoms with E-state index in [0.717, 1.165) is 43.6 Å². The molecule has 2 aromatic rings. The number of aryl methyl sites for hydroxylation is 2. The van der Waals surface area contributed by atoms with E-state index in [0.29, 0.717) is 24.9 Å². The molecule has 1 aliphatic rings. The number of amides is 1. The van der Waals surface area contributed by atoms with Crippen LogP contribution in [0.1, 0.15) is 61.8 Å². The van der Waals surface area contributed by atoms with Gasteiger partial charge in [-0.25, -0.2) is 8.42 Å². The van der Waals surface area contributed by atoms with E-state index in [1.807, 2.05) is 31.2 Å². The van der Waals surface area contributed by atoms with Crippen molar-refractivity contribution in [2.45, 2.75) is 76.1 Å². The minimum Gasteiger partial charge on any atom is -0.351 e. The summed E-state index contributed by atoms with van der Waals surface area (Å²) in [6.07, 6.45) is 2.24. The molecule has 32 heavy (non-hydrogen) atoms. The maximum Gasteiger partial charge on any atom is 0.242 e. The fourth-order valence-electron chi connectivity index (χ4n) is 4.58. The molecule has 1 fully saturated rings. The molecule has 0 radical (unpaired) electrons. The van der Waals surface area contributed by atoms with Gasteiger partial charge < -0.3 is 5.32 Å². The summed E-state index contributed by atoms with van der Waals surface area (Å²) in [6, 6.07) is 13.6. The lowest BCUT2D eigenvalue weighted by Crippen LogP contribution is -2.50. The van der Waals surface area contributed by atoms with Crippen LogP contribution in [0.25, 0.3) is 0 Å². The van der Waals surface area contributed by atoms with Crippen LogP contribution in [0.4, 0.5) is 0 Å². The van der Waals surface area contributed by atoms with Gasteiger partial charge in [-0.05, 0) is 68.1 Å². The number of carbonyl (C=O) groups is 1. The molecule has 3 rings (SSSR count). The predicted octanol–water partition coefficient (Wildman–Crippen LogP) is 4.55. The normalized spacial score (nSPS) is 15.8. The van der Waals surface area contributed by atoms with Gasteiger partial charge in [-0.3, -0.25) is 9.69 Å². The molecule has 0 spiro atoms. The first-order valence-corrected chi connectivity index (χ1v) is 13.1. The highest BCUT2D eigenvalue weighted by Gasteiger charge is 2.53. The van der Waals surface area contributed by atoms with E-state index < -0.39 is 14.6 Å². The number of rotatable bonds is 9. The molecular weight excluding hydrogens is 420 g/mol. The highest BCUT2D eigenvalue weighted by atomic mass is 32.2. The van der Waals surface area contributed by atoms with Gasteiger partial charge >= 0.3 is 0 Å². The van der Waals surface area contributed by atoms with Crippen molar-refractivity contribution in [3.05, 3.63) is 64.7 Å². The summed E-state index contributed by atoms with van der Waals surface area (Å²) in [4.78, 5) is 16.0. The van der Waals surface area contributed by atoms with Crippen molar-refractivity contribution in [2.24, 2.45) is 0 Å². The number of benzene rings is 2.